The van der Waals surface area contributed by atoms with Crippen LogP contribution >= 0.6 is 11.3 Å². The molecule has 0 saturated heterocycles. The molecule has 20 heavy (non-hydrogen) atoms. The molecule has 2 rings (SSSR count). The lowest BCUT2D eigenvalue weighted by molar-refractivity contribution is 0.366. The van der Waals surface area contributed by atoms with E-state index in [2.05, 4.69) is 80.2 Å². The summed E-state index contributed by atoms with van der Waals surface area (Å²) in [5.41, 5.74) is 3.00. The molecule has 1 heterocycles. The molecule has 2 unspecified atom stereocenters. The highest BCUT2D eigenvalue weighted by Gasteiger charge is 2.23. The van der Waals surface area contributed by atoms with E-state index in [0.29, 0.717) is 12.1 Å². The summed E-state index contributed by atoms with van der Waals surface area (Å²) in [6, 6.07) is 13.9. The summed E-state index contributed by atoms with van der Waals surface area (Å²) in [6.45, 7) is 9.19. The molecule has 1 nitrogen and oxygen atoms in total. The third-order valence-electron chi connectivity index (χ3n) is 3.95. The van der Waals surface area contributed by atoms with Crippen LogP contribution in [0.4, 0.5) is 0 Å². The predicted molar refractivity (Wildman–Crippen MR) is 89.4 cm³/mol. The van der Waals surface area contributed by atoms with Crippen LogP contribution < -0.4 is 5.32 Å². The van der Waals surface area contributed by atoms with Gasteiger partial charge in [-0.1, -0.05) is 44.2 Å². The summed E-state index contributed by atoms with van der Waals surface area (Å²) in [5.74, 6) is 0. The molecule has 0 radical (unpaired) electrons. The summed E-state index contributed by atoms with van der Waals surface area (Å²) in [7, 11) is 0. The van der Waals surface area contributed by atoms with Crippen molar-refractivity contribution in [3.8, 4) is 0 Å². The van der Waals surface area contributed by atoms with Crippen LogP contribution in [0, 0.1) is 0 Å². The lowest BCUT2D eigenvalue weighted by Crippen LogP contribution is -2.34. The van der Waals surface area contributed by atoms with Gasteiger partial charge in [-0.25, -0.2) is 0 Å². The van der Waals surface area contributed by atoms with E-state index in [9.17, 15) is 0 Å². The fraction of sp³-hybridized carbons (Fsp3) is 0.444. The average Bonchev–Trinajstić information content (AvgIpc) is 2.93. The molecule has 0 amide bonds. The first kappa shape index (κ1) is 15.3. The first-order valence-electron chi connectivity index (χ1n) is 7.33. The van der Waals surface area contributed by atoms with Crippen molar-refractivity contribution in [2.75, 3.05) is 0 Å². The van der Waals surface area contributed by atoms with Crippen molar-refractivity contribution < 1.29 is 0 Å². The number of nitrogens with one attached hydrogen (secondary N) is 1. The zero-order valence-electron chi connectivity index (χ0n) is 12.9. The first-order chi connectivity index (χ1) is 9.49. The van der Waals surface area contributed by atoms with Crippen molar-refractivity contribution in [2.45, 2.75) is 51.6 Å². The molecule has 2 aromatic rings. The molecule has 1 aromatic carbocycles. The van der Waals surface area contributed by atoms with E-state index in [0.717, 1.165) is 6.42 Å². The lowest BCUT2D eigenvalue weighted by atomic mass is 9.79. The molecule has 2 atom stereocenters. The van der Waals surface area contributed by atoms with Gasteiger partial charge >= 0.3 is 0 Å². The third kappa shape index (κ3) is 3.94. The number of hydrogen-bond acceptors (Lipinski definition) is 2. The van der Waals surface area contributed by atoms with E-state index in [1.807, 2.05) is 0 Å². The zero-order valence-corrected chi connectivity index (χ0v) is 13.7. The molecule has 0 bridgehead atoms. The van der Waals surface area contributed by atoms with Gasteiger partial charge in [-0.3, -0.25) is 0 Å². The third-order valence-corrected chi connectivity index (χ3v) is 4.65. The molecular weight excluding hydrogens is 262 g/mol. The summed E-state index contributed by atoms with van der Waals surface area (Å²) < 4.78 is 0. The van der Waals surface area contributed by atoms with Gasteiger partial charge < -0.3 is 5.32 Å². The van der Waals surface area contributed by atoms with Crippen LogP contribution in [-0.4, -0.2) is 6.04 Å². The maximum atomic E-state index is 3.71. The molecule has 0 aliphatic carbocycles. The van der Waals surface area contributed by atoms with Crippen molar-refractivity contribution >= 4 is 11.3 Å². The Kier molecular flexibility index (Phi) is 5.00. The van der Waals surface area contributed by atoms with E-state index in [1.54, 1.807) is 11.3 Å². The van der Waals surface area contributed by atoms with Crippen LogP contribution in [0.15, 0.2) is 47.2 Å². The van der Waals surface area contributed by atoms with Crippen LogP contribution in [0.25, 0.3) is 0 Å². The molecule has 0 saturated carbocycles. The average molecular weight is 287 g/mol. The molecule has 1 N–H and O–H groups in total. The molecule has 0 fully saturated rings. The maximum Gasteiger partial charge on any atom is 0.0302 e. The first-order valence-corrected chi connectivity index (χ1v) is 8.27. The Morgan fingerprint density at radius 2 is 1.80 bits per heavy atom. The normalized spacial score (nSPS) is 15.0. The Morgan fingerprint density at radius 1 is 1.10 bits per heavy atom. The molecule has 0 aliphatic heterocycles. The number of benzene rings is 1. The van der Waals surface area contributed by atoms with Gasteiger partial charge in [0.25, 0.3) is 0 Å². The van der Waals surface area contributed by atoms with Crippen molar-refractivity contribution in [1.29, 1.82) is 0 Å². The van der Waals surface area contributed by atoms with E-state index in [-0.39, 0.29) is 5.41 Å². The maximum absolute atomic E-state index is 3.71. The van der Waals surface area contributed by atoms with E-state index in [4.69, 9.17) is 0 Å². The monoisotopic (exact) mass is 287 g/mol. The second-order valence-corrected chi connectivity index (χ2v) is 7.08. The van der Waals surface area contributed by atoms with Crippen molar-refractivity contribution in [3.05, 3.63) is 58.3 Å². The summed E-state index contributed by atoms with van der Waals surface area (Å²) in [5, 5.41) is 8.09. The van der Waals surface area contributed by atoms with Gasteiger partial charge in [0.15, 0.2) is 0 Å². The minimum Gasteiger partial charge on any atom is -0.308 e. The van der Waals surface area contributed by atoms with Gasteiger partial charge in [0.1, 0.15) is 0 Å². The van der Waals surface area contributed by atoms with Crippen LogP contribution in [0.3, 0.4) is 0 Å². The van der Waals surface area contributed by atoms with Crippen LogP contribution in [-0.2, 0) is 5.41 Å². The largest absolute Gasteiger partial charge is 0.308 e. The van der Waals surface area contributed by atoms with Gasteiger partial charge in [0.2, 0.25) is 0 Å². The number of hydrogen-bond donors (Lipinski definition) is 1. The Balaban J connectivity index is 1.95. The fourth-order valence-electron chi connectivity index (χ4n) is 2.88. The van der Waals surface area contributed by atoms with Gasteiger partial charge in [-0.15, -0.1) is 0 Å². The zero-order chi connectivity index (χ0) is 14.6. The highest BCUT2D eigenvalue weighted by atomic mass is 32.1. The standard InChI is InChI=1S/C18H25NS/c1-14(19-15(2)16-10-11-20-13-16)12-18(3,4)17-8-6-5-7-9-17/h5-11,13-15,19H,12H2,1-4H3. The molecule has 2 heteroatoms. The minimum atomic E-state index is 0.196. The molecule has 0 aliphatic rings. The Labute approximate surface area is 127 Å². The quantitative estimate of drug-likeness (QED) is 0.774. The topological polar surface area (TPSA) is 12.0 Å². The van der Waals surface area contributed by atoms with Crippen molar-refractivity contribution in [1.82, 2.24) is 5.32 Å². The van der Waals surface area contributed by atoms with Gasteiger partial charge in [-0.05, 0) is 53.6 Å². The highest BCUT2D eigenvalue weighted by molar-refractivity contribution is 7.07. The summed E-state index contributed by atoms with van der Waals surface area (Å²) in [4.78, 5) is 0. The predicted octanol–water partition coefficient (Wildman–Crippen LogP) is 5.16. The van der Waals surface area contributed by atoms with Gasteiger partial charge in [0, 0.05) is 12.1 Å². The SMILES string of the molecule is CC(CC(C)(C)c1ccccc1)NC(C)c1ccsc1. The summed E-state index contributed by atoms with van der Waals surface area (Å²) >= 11 is 1.77. The number of thiophene rings is 1. The van der Waals surface area contributed by atoms with Gasteiger partial charge in [-0.2, -0.15) is 11.3 Å². The fourth-order valence-corrected chi connectivity index (χ4v) is 3.63. The number of rotatable bonds is 6. The van der Waals surface area contributed by atoms with E-state index < -0.39 is 0 Å². The summed E-state index contributed by atoms with van der Waals surface area (Å²) in [6.07, 6.45) is 1.13. The van der Waals surface area contributed by atoms with Crippen LogP contribution in [0.1, 0.15) is 51.3 Å². The van der Waals surface area contributed by atoms with Crippen molar-refractivity contribution in [2.24, 2.45) is 0 Å². The molecule has 1 aromatic heterocycles. The lowest BCUT2D eigenvalue weighted by Gasteiger charge is -2.30. The van der Waals surface area contributed by atoms with Crippen LogP contribution in [0.5, 0.6) is 0 Å². The van der Waals surface area contributed by atoms with Gasteiger partial charge in [0.05, 0.1) is 0 Å². The Morgan fingerprint density at radius 3 is 2.40 bits per heavy atom. The van der Waals surface area contributed by atoms with E-state index >= 15 is 0 Å². The second kappa shape index (κ2) is 6.55. The highest BCUT2D eigenvalue weighted by Crippen LogP contribution is 2.29. The van der Waals surface area contributed by atoms with Crippen LogP contribution in [0.2, 0.25) is 0 Å². The smallest absolute Gasteiger partial charge is 0.0302 e. The van der Waals surface area contributed by atoms with E-state index in [1.165, 1.54) is 11.1 Å². The minimum absolute atomic E-state index is 0.196. The molecular formula is C18H25NS. The Hall–Kier alpha value is -1.12. The van der Waals surface area contributed by atoms with Crippen molar-refractivity contribution in [3.63, 3.8) is 0 Å². The second-order valence-electron chi connectivity index (χ2n) is 6.30. The molecule has 0 spiro atoms. The molecule has 108 valence electrons. The Bertz CT molecular complexity index is 501.